The van der Waals surface area contributed by atoms with Crippen LogP contribution in [0.5, 0.6) is 0 Å². The number of hydrogen-bond donors (Lipinski definition) is 3. The summed E-state index contributed by atoms with van der Waals surface area (Å²) in [5.74, 6) is -0.884. The highest BCUT2D eigenvalue weighted by molar-refractivity contribution is 5.82. The van der Waals surface area contributed by atoms with Gasteiger partial charge in [0.2, 0.25) is 0 Å². The number of aliphatic carboxylic acids is 1. The zero-order chi connectivity index (χ0) is 27.3. The molecule has 4 rings (SSSR count). The van der Waals surface area contributed by atoms with E-state index in [0.717, 1.165) is 36.9 Å². The monoisotopic (exact) mass is 514 g/mol. The number of carboxylic acids is 1. The molecule has 1 fully saturated rings. The Morgan fingerprint density at radius 3 is 2.34 bits per heavy atom. The summed E-state index contributed by atoms with van der Waals surface area (Å²) < 4.78 is 0. The fourth-order valence-electron chi connectivity index (χ4n) is 4.96. The number of nitrogens with one attached hydrogen (secondary N) is 2. The van der Waals surface area contributed by atoms with Crippen LogP contribution in [-0.4, -0.2) is 39.1 Å². The Balaban J connectivity index is 1.50. The van der Waals surface area contributed by atoms with Crippen LogP contribution in [0.15, 0.2) is 66.7 Å². The number of rotatable bonds is 10. The summed E-state index contributed by atoms with van der Waals surface area (Å²) in [5, 5.41) is 11.2. The van der Waals surface area contributed by atoms with E-state index in [9.17, 15) is 9.59 Å². The predicted molar refractivity (Wildman–Crippen MR) is 149 cm³/mol. The van der Waals surface area contributed by atoms with Crippen LogP contribution in [0.2, 0.25) is 0 Å². The number of benzene rings is 2. The van der Waals surface area contributed by atoms with Gasteiger partial charge in [0.05, 0.1) is 17.8 Å². The van der Waals surface area contributed by atoms with Gasteiger partial charge in [0.25, 0.3) is 5.91 Å². The molecule has 0 bridgehead atoms. The lowest BCUT2D eigenvalue weighted by Crippen LogP contribution is -2.48. The van der Waals surface area contributed by atoms with E-state index < -0.39 is 5.97 Å². The molecule has 3 N–H and O–H groups in total. The number of aromatic nitrogens is 1. The molecular formula is C31H38N4O3. The second kappa shape index (κ2) is 11.9. The van der Waals surface area contributed by atoms with Crippen LogP contribution in [0.25, 0.3) is 11.3 Å². The lowest BCUT2D eigenvalue weighted by Gasteiger charge is -2.30. The van der Waals surface area contributed by atoms with Crippen molar-refractivity contribution in [2.45, 2.75) is 77.3 Å². The van der Waals surface area contributed by atoms with Gasteiger partial charge in [0, 0.05) is 11.6 Å². The Kier molecular flexibility index (Phi) is 8.59. The molecule has 2 aromatic carbocycles. The van der Waals surface area contributed by atoms with Crippen molar-refractivity contribution in [1.29, 1.82) is 0 Å². The number of aryl methyl sites for hydroxylation is 1. The second-order valence-electron chi connectivity index (χ2n) is 11.1. The Labute approximate surface area is 225 Å². The highest BCUT2D eigenvalue weighted by atomic mass is 16.4. The molecule has 2 atom stereocenters. The SMILES string of the molecule is CCC1C(=O)NNN1C(CCc1ccc(C(C)(C)C)cc1)Cc1ccc(-c2cccc(CC(=O)O)n2)cc1. The first-order chi connectivity index (χ1) is 18.1. The number of hydrogen-bond acceptors (Lipinski definition) is 5. The standard InChI is InChI=1S/C31H38N4O3/c1-5-28-30(38)33-34-35(28)26(18-13-21-11-16-24(17-12-21)31(2,3)4)19-22-9-14-23(15-10-22)27-8-6-7-25(32-27)20-29(36)37/h6-12,14-17,26,28,34H,5,13,18-20H2,1-4H3,(H,33,38)(H,36,37). The number of amides is 1. The van der Waals surface area contributed by atoms with Crippen LogP contribution in [0.3, 0.4) is 0 Å². The van der Waals surface area contributed by atoms with E-state index >= 15 is 0 Å². The summed E-state index contributed by atoms with van der Waals surface area (Å²) in [7, 11) is 0. The van der Waals surface area contributed by atoms with Gasteiger partial charge < -0.3 is 5.11 Å². The molecule has 1 aliphatic rings. The highest BCUT2D eigenvalue weighted by Gasteiger charge is 2.35. The van der Waals surface area contributed by atoms with Crippen molar-refractivity contribution in [3.05, 3.63) is 89.1 Å². The molecule has 38 heavy (non-hydrogen) atoms. The van der Waals surface area contributed by atoms with E-state index in [1.54, 1.807) is 6.07 Å². The normalized spacial score (nSPS) is 16.8. The molecule has 7 nitrogen and oxygen atoms in total. The van der Waals surface area contributed by atoms with E-state index in [4.69, 9.17) is 5.11 Å². The molecule has 0 saturated carbocycles. The summed E-state index contributed by atoms with van der Waals surface area (Å²) in [5.41, 5.74) is 12.1. The zero-order valence-corrected chi connectivity index (χ0v) is 22.7. The highest BCUT2D eigenvalue weighted by Crippen LogP contribution is 2.25. The van der Waals surface area contributed by atoms with Crippen molar-refractivity contribution in [3.63, 3.8) is 0 Å². The summed E-state index contributed by atoms with van der Waals surface area (Å²) in [6.45, 7) is 8.70. The van der Waals surface area contributed by atoms with Gasteiger partial charge in [-0.3, -0.25) is 20.0 Å². The van der Waals surface area contributed by atoms with E-state index in [1.165, 1.54) is 16.7 Å². The third-order valence-corrected chi connectivity index (χ3v) is 7.17. The fourth-order valence-corrected chi connectivity index (χ4v) is 4.96. The number of carboxylic acid groups (broad SMARTS) is 1. The quantitative estimate of drug-likeness (QED) is 0.358. The number of hydrazine groups is 2. The maximum atomic E-state index is 12.4. The summed E-state index contributed by atoms with van der Waals surface area (Å²) in [4.78, 5) is 28.0. The van der Waals surface area contributed by atoms with Crippen LogP contribution in [-0.2, 0) is 34.3 Å². The third kappa shape index (κ3) is 6.85. The number of pyridine rings is 1. The lowest BCUT2D eigenvalue weighted by atomic mass is 9.86. The van der Waals surface area contributed by atoms with Crippen LogP contribution in [0.1, 0.15) is 62.9 Å². The fraction of sp³-hybridized carbons (Fsp3) is 0.387. The van der Waals surface area contributed by atoms with Crippen molar-refractivity contribution >= 4 is 11.9 Å². The van der Waals surface area contributed by atoms with Gasteiger partial charge in [0.1, 0.15) is 6.04 Å². The first-order valence-corrected chi connectivity index (χ1v) is 13.3. The molecule has 1 aromatic heterocycles. The maximum Gasteiger partial charge on any atom is 0.309 e. The number of carbonyl (C=O) groups excluding carboxylic acids is 1. The van der Waals surface area contributed by atoms with Gasteiger partial charge in [-0.15, -0.1) is 0 Å². The van der Waals surface area contributed by atoms with Crippen molar-refractivity contribution in [3.8, 4) is 11.3 Å². The number of carbonyl (C=O) groups is 2. The largest absolute Gasteiger partial charge is 0.481 e. The van der Waals surface area contributed by atoms with Gasteiger partial charge in [-0.05, 0) is 59.9 Å². The van der Waals surface area contributed by atoms with Crippen molar-refractivity contribution in [2.24, 2.45) is 0 Å². The molecule has 1 aliphatic heterocycles. The predicted octanol–water partition coefficient (Wildman–Crippen LogP) is 4.85. The molecule has 0 aliphatic carbocycles. The third-order valence-electron chi connectivity index (χ3n) is 7.17. The van der Waals surface area contributed by atoms with Gasteiger partial charge in [-0.1, -0.05) is 82.3 Å². The number of nitrogens with zero attached hydrogens (tertiary/aromatic N) is 2. The Bertz CT molecular complexity index is 1250. The minimum Gasteiger partial charge on any atom is -0.481 e. The van der Waals surface area contributed by atoms with Gasteiger partial charge in [-0.25, -0.2) is 5.01 Å². The molecule has 0 radical (unpaired) electrons. The molecule has 200 valence electrons. The first kappa shape index (κ1) is 27.5. The average molecular weight is 515 g/mol. The zero-order valence-electron chi connectivity index (χ0n) is 22.7. The summed E-state index contributed by atoms with van der Waals surface area (Å²) >= 11 is 0. The van der Waals surface area contributed by atoms with Crippen LogP contribution in [0, 0.1) is 0 Å². The Hall–Kier alpha value is -3.55. The summed E-state index contributed by atoms with van der Waals surface area (Å²) in [6, 6.07) is 22.5. The van der Waals surface area contributed by atoms with Crippen molar-refractivity contribution in [2.75, 3.05) is 0 Å². The molecule has 1 saturated heterocycles. The molecule has 1 amide bonds. The molecule has 2 heterocycles. The Morgan fingerprint density at radius 1 is 1.03 bits per heavy atom. The minimum atomic E-state index is -0.893. The van der Waals surface area contributed by atoms with E-state index in [1.807, 2.05) is 31.2 Å². The molecule has 7 heteroatoms. The topological polar surface area (TPSA) is 94.6 Å². The summed E-state index contributed by atoms with van der Waals surface area (Å²) in [6.07, 6.45) is 3.23. The average Bonchev–Trinajstić information content (AvgIpc) is 3.26. The first-order valence-electron chi connectivity index (χ1n) is 13.3. The Morgan fingerprint density at radius 2 is 1.71 bits per heavy atom. The lowest BCUT2D eigenvalue weighted by molar-refractivity contribution is -0.136. The molecular weight excluding hydrogens is 476 g/mol. The maximum absolute atomic E-state index is 12.4. The van der Waals surface area contributed by atoms with Gasteiger partial charge in [0.15, 0.2) is 0 Å². The van der Waals surface area contributed by atoms with Crippen molar-refractivity contribution in [1.82, 2.24) is 21.0 Å². The molecule has 0 spiro atoms. The van der Waals surface area contributed by atoms with Crippen LogP contribution < -0.4 is 11.0 Å². The van der Waals surface area contributed by atoms with Crippen molar-refractivity contribution < 1.29 is 14.7 Å². The van der Waals surface area contributed by atoms with Crippen LogP contribution >= 0.6 is 0 Å². The minimum absolute atomic E-state index is 0.00898. The smallest absolute Gasteiger partial charge is 0.309 e. The van der Waals surface area contributed by atoms with Gasteiger partial charge in [-0.2, -0.15) is 5.53 Å². The molecule has 3 aromatic rings. The van der Waals surface area contributed by atoms with E-state index in [2.05, 4.69) is 78.1 Å². The van der Waals surface area contributed by atoms with E-state index in [-0.39, 0.29) is 29.8 Å². The van der Waals surface area contributed by atoms with Crippen LogP contribution in [0.4, 0.5) is 0 Å². The van der Waals surface area contributed by atoms with Gasteiger partial charge >= 0.3 is 5.97 Å². The second-order valence-corrected chi connectivity index (χ2v) is 11.1. The van der Waals surface area contributed by atoms with E-state index in [0.29, 0.717) is 5.69 Å². The molecule has 2 unspecified atom stereocenters.